The first-order chi connectivity index (χ1) is 10.0. The number of nitrogens with two attached hydrogens (primary N) is 1. The fourth-order valence-corrected chi connectivity index (χ4v) is 2.14. The van der Waals surface area contributed by atoms with Crippen LogP contribution < -0.4 is 11.4 Å². The average Bonchev–Trinajstić information content (AvgIpc) is 2.89. The first-order valence-corrected chi connectivity index (χ1v) is 6.86. The third-order valence-corrected chi connectivity index (χ3v) is 3.21. The summed E-state index contributed by atoms with van der Waals surface area (Å²) in [5.41, 5.74) is 4.56. The van der Waals surface area contributed by atoms with Gasteiger partial charge < -0.3 is 15.2 Å². The highest BCUT2D eigenvalue weighted by molar-refractivity contribution is 5.69. The van der Waals surface area contributed by atoms with Gasteiger partial charge in [0.25, 0.3) is 0 Å². The Labute approximate surface area is 120 Å². The van der Waals surface area contributed by atoms with Crippen molar-refractivity contribution in [1.29, 1.82) is 0 Å². The smallest absolute Gasteiger partial charge is 0.351 e. The summed E-state index contributed by atoms with van der Waals surface area (Å²) in [7, 11) is 0. The number of carbonyl (C=O) groups excluding carboxylic acids is 1. The molecule has 1 aromatic heterocycles. The summed E-state index contributed by atoms with van der Waals surface area (Å²) in [5.74, 6) is -1.47. The van der Waals surface area contributed by atoms with Gasteiger partial charge in [-0.3, -0.25) is 9.36 Å². The lowest BCUT2D eigenvalue weighted by atomic mass is 10.2. The number of nitrogens with zero attached hydrogens (tertiary/aromatic N) is 2. The fourth-order valence-electron chi connectivity index (χ4n) is 2.14. The summed E-state index contributed by atoms with van der Waals surface area (Å²) >= 11 is 0. The van der Waals surface area contributed by atoms with Crippen LogP contribution in [0.15, 0.2) is 11.0 Å². The predicted molar refractivity (Wildman–Crippen MR) is 71.9 cm³/mol. The molecule has 0 radical (unpaired) electrons. The summed E-state index contributed by atoms with van der Waals surface area (Å²) < 4.78 is 25.1. The number of hydrogen-bond donors (Lipinski definition) is 1. The third-order valence-electron chi connectivity index (χ3n) is 3.21. The summed E-state index contributed by atoms with van der Waals surface area (Å²) in [6, 6.07) is 0. The van der Waals surface area contributed by atoms with Gasteiger partial charge in [0, 0.05) is 6.42 Å². The quantitative estimate of drug-likeness (QED) is 0.814. The van der Waals surface area contributed by atoms with Crippen LogP contribution in [-0.4, -0.2) is 28.2 Å². The summed E-state index contributed by atoms with van der Waals surface area (Å²) in [6.07, 6.45) is 2.28. The molecule has 0 aromatic carbocycles. The molecule has 0 unspecified atom stereocenters. The largest absolute Gasteiger partial charge is 0.463 e. The van der Waals surface area contributed by atoms with Crippen molar-refractivity contribution < 1.29 is 18.7 Å². The van der Waals surface area contributed by atoms with E-state index in [1.807, 2.05) is 6.92 Å². The number of rotatable bonds is 5. The van der Waals surface area contributed by atoms with E-state index in [-0.39, 0.29) is 18.7 Å². The Morgan fingerprint density at radius 1 is 1.62 bits per heavy atom. The van der Waals surface area contributed by atoms with Crippen molar-refractivity contribution in [3.05, 3.63) is 22.5 Å². The number of aromatic nitrogens is 2. The van der Waals surface area contributed by atoms with Gasteiger partial charge in [-0.2, -0.15) is 4.98 Å². The van der Waals surface area contributed by atoms with Crippen LogP contribution in [0.3, 0.4) is 0 Å². The van der Waals surface area contributed by atoms with Gasteiger partial charge in [0.2, 0.25) is 0 Å². The molecule has 1 saturated heterocycles. The van der Waals surface area contributed by atoms with E-state index < -0.39 is 23.6 Å². The van der Waals surface area contributed by atoms with Crippen molar-refractivity contribution >= 4 is 11.8 Å². The Bertz CT molecular complexity index is 575. The molecule has 21 heavy (non-hydrogen) atoms. The van der Waals surface area contributed by atoms with Gasteiger partial charge in [-0.05, 0) is 19.3 Å². The van der Waals surface area contributed by atoms with Gasteiger partial charge in [0.1, 0.15) is 12.8 Å². The van der Waals surface area contributed by atoms with Crippen molar-refractivity contribution in [1.82, 2.24) is 9.55 Å². The van der Waals surface area contributed by atoms with E-state index in [1.54, 1.807) is 0 Å². The highest BCUT2D eigenvalue weighted by Gasteiger charge is 2.28. The van der Waals surface area contributed by atoms with Crippen LogP contribution in [0, 0.1) is 5.82 Å². The maximum absolute atomic E-state index is 13.4. The van der Waals surface area contributed by atoms with Gasteiger partial charge in [0.05, 0.1) is 12.3 Å². The van der Waals surface area contributed by atoms with Crippen LogP contribution in [-0.2, 0) is 14.3 Å². The molecule has 0 bridgehead atoms. The maximum Gasteiger partial charge on any atom is 0.351 e. The summed E-state index contributed by atoms with van der Waals surface area (Å²) in [4.78, 5) is 26.3. The minimum absolute atomic E-state index is 0.134. The number of carbonyl (C=O) groups is 1. The molecule has 0 amide bonds. The van der Waals surface area contributed by atoms with Crippen molar-refractivity contribution in [2.45, 2.75) is 44.9 Å². The number of halogens is 1. The second kappa shape index (κ2) is 6.66. The van der Waals surface area contributed by atoms with Gasteiger partial charge in [0.15, 0.2) is 11.6 Å². The zero-order valence-corrected chi connectivity index (χ0v) is 11.8. The van der Waals surface area contributed by atoms with Crippen molar-refractivity contribution in [3.63, 3.8) is 0 Å². The molecule has 1 aliphatic rings. The number of esters is 1. The lowest BCUT2D eigenvalue weighted by Crippen LogP contribution is -2.29. The fraction of sp³-hybridized carbons (Fsp3) is 0.615. The summed E-state index contributed by atoms with van der Waals surface area (Å²) in [5, 5.41) is 0. The summed E-state index contributed by atoms with van der Waals surface area (Å²) in [6.45, 7) is 2.02. The molecular formula is C13H18FN3O4. The second-order valence-electron chi connectivity index (χ2n) is 4.89. The Balaban J connectivity index is 1.95. The molecule has 1 fully saturated rings. The SMILES string of the molecule is CCCC(=O)OC[C@@H]1CC[C@H](n2cc(F)c(N)nc2=O)O1. The van der Waals surface area contributed by atoms with Crippen LogP contribution in [0.4, 0.5) is 10.2 Å². The van der Waals surface area contributed by atoms with Crippen LogP contribution in [0.25, 0.3) is 0 Å². The number of nitrogen functional groups attached to an aromatic ring is 1. The molecule has 116 valence electrons. The van der Waals surface area contributed by atoms with E-state index in [2.05, 4.69) is 4.98 Å². The molecule has 0 spiro atoms. The van der Waals surface area contributed by atoms with Gasteiger partial charge in [-0.15, -0.1) is 0 Å². The highest BCUT2D eigenvalue weighted by atomic mass is 19.1. The van der Waals surface area contributed by atoms with Gasteiger partial charge in [-0.1, -0.05) is 6.92 Å². The molecular weight excluding hydrogens is 281 g/mol. The van der Waals surface area contributed by atoms with Crippen molar-refractivity contribution in [2.24, 2.45) is 0 Å². The van der Waals surface area contributed by atoms with Crippen LogP contribution >= 0.6 is 0 Å². The van der Waals surface area contributed by atoms with E-state index >= 15 is 0 Å². The monoisotopic (exact) mass is 299 g/mol. The molecule has 8 heteroatoms. The molecule has 2 rings (SSSR count). The minimum atomic E-state index is -0.768. The number of ether oxygens (including phenoxy) is 2. The lowest BCUT2D eigenvalue weighted by Gasteiger charge is -2.16. The van der Waals surface area contributed by atoms with Gasteiger partial charge in [-0.25, -0.2) is 9.18 Å². The lowest BCUT2D eigenvalue weighted by molar-refractivity contribution is -0.148. The Hall–Kier alpha value is -1.96. The average molecular weight is 299 g/mol. The normalized spacial score (nSPS) is 21.4. The van der Waals surface area contributed by atoms with Crippen molar-refractivity contribution in [3.8, 4) is 0 Å². The van der Waals surface area contributed by atoms with Crippen LogP contribution in [0.2, 0.25) is 0 Å². The minimum Gasteiger partial charge on any atom is -0.463 e. The zero-order valence-electron chi connectivity index (χ0n) is 11.8. The maximum atomic E-state index is 13.4. The molecule has 0 saturated carbocycles. The first kappa shape index (κ1) is 15.4. The molecule has 1 aromatic rings. The van der Waals surface area contributed by atoms with Crippen LogP contribution in [0.1, 0.15) is 38.8 Å². The third kappa shape index (κ3) is 3.78. The molecule has 2 atom stereocenters. The Morgan fingerprint density at radius 2 is 2.38 bits per heavy atom. The van der Waals surface area contributed by atoms with E-state index in [0.29, 0.717) is 19.3 Å². The number of anilines is 1. The van der Waals surface area contributed by atoms with Crippen molar-refractivity contribution in [2.75, 3.05) is 12.3 Å². The predicted octanol–water partition coefficient (Wildman–Crippen LogP) is 0.986. The van der Waals surface area contributed by atoms with Crippen LogP contribution in [0.5, 0.6) is 0 Å². The van der Waals surface area contributed by atoms with E-state index in [0.717, 1.165) is 17.2 Å². The Kier molecular flexibility index (Phi) is 4.89. The topological polar surface area (TPSA) is 96.4 Å². The van der Waals surface area contributed by atoms with E-state index in [4.69, 9.17) is 15.2 Å². The van der Waals surface area contributed by atoms with E-state index in [9.17, 15) is 14.0 Å². The standard InChI is InChI=1S/C13H18FN3O4/c1-2-3-11(18)20-7-8-4-5-10(21-8)17-6-9(14)12(15)16-13(17)19/h6,8,10H,2-5,7H2,1H3,(H2,15,16,19)/t8-,10+/m0/s1. The Morgan fingerprint density at radius 3 is 3.10 bits per heavy atom. The molecule has 7 nitrogen and oxygen atoms in total. The molecule has 0 aliphatic carbocycles. The van der Waals surface area contributed by atoms with Gasteiger partial charge >= 0.3 is 11.7 Å². The first-order valence-electron chi connectivity index (χ1n) is 6.86. The molecule has 2 heterocycles. The van der Waals surface area contributed by atoms with E-state index in [1.165, 1.54) is 0 Å². The zero-order chi connectivity index (χ0) is 15.4. The number of hydrogen-bond acceptors (Lipinski definition) is 6. The second-order valence-corrected chi connectivity index (χ2v) is 4.89. The molecule has 1 aliphatic heterocycles. The molecule has 2 N–H and O–H groups in total. The highest BCUT2D eigenvalue weighted by Crippen LogP contribution is 2.27.